The first kappa shape index (κ1) is 12.5. The first-order valence-electron chi connectivity index (χ1n) is 5.11. The molecular weight excluding hydrogens is 215 g/mol. The van der Waals surface area contributed by atoms with Gasteiger partial charge in [0.05, 0.1) is 11.1 Å². The zero-order chi connectivity index (χ0) is 11.4. The summed E-state index contributed by atoms with van der Waals surface area (Å²) in [5, 5.41) is 9.79. The van der Waals surface area contributed by atoms with E-state index < -0.39 is 11.9 Å². The fourth-order valence-electron chi connectivity index (χ4n) is 1.59. The maximum absolute atomic E-state index is 13.5. The summed E-state index contributed by atoms with van der Waals surface area (Å²) in [5.41, 5.74) is 0.482. The van der Waals surface area contributed by atoms with Gasteiger partial charge < -0.3 is 5.11 Å². The molecular formula is C12H16ClFO. The third-order valence-corrected chi connectivity index (χ3v) is 2.52. The molecule has 0 saturated carbocycles. The van der Waals surface area contributed by atoms with Crippen molar-refractivity contribution >= 4 is 11.6 Å². The van der Waals surface area contributed by atoms with Crippen molar-refractivity contribution in [3.63, 3.8) is 0 Å². The standard InChI is InChI=1S/C12H16ClFO/c1-8(2)6-10(15)7-9-4-3-5-11(13)12(9)14/h3-5,8,10,15H,6-7H2,1-2H3. The second-order valence-electron chi connectivity index (χ2n) is 4.20. The van der Waals surface area contributed by atoms with Crippen molar-refractivity contribution in [2.24, 2.45) is 5.92 Å². The Balaban J connectivity index is 2.68. The number of aliphatic hydroxyl groups excluding tert-OH is 1. The summed E-state index contributed by atoms with van der Waals surface area (Å²) < 4.78 is 13.5. The van der Waals surface area contributed by atoms with Crippen LogP contribution < -0.4 is 0 Å². The lowest BCUT2D eigenvalue weighted by molar-refractivity contribution is 0.148. The summed E-state index contributed by atoms with van der Waals surface area (Å²) in [7, 11) is 0. The molecule has 1 aromatic rings. The second kappa shape index (κ2) is 5.47. The van der Waals surface area contributed by atoms with E-state index in [-0.39, 0.29) is 5.02 Å². The molecule has 15 heavy (non-hydrogen) atoms. The van der Waals surface area contributed by atoms with Crippen molar-refractivity contribution in [1.82, 2.24) is 0 Å². The summed E-state index contributed by atoms with van der Waals surface area (Å²) in [4.78, 5) is 0. The molecule has 0 bridgehead atoms. The number of rotatable bonds is 4. The van der Waals surface area contributed by atoms with E-state index in [1.54, 1.807) is 12.1 Å². The lowest BCUT2D eigenvalue weighted by Crippen LogP contribution is -2.14. The van der Waals surface area contributed by atoms with E-state index in [9.17, 15) is 9.50 Å². The van der Waals surface area contributed by atoms with E-state index in [4.69, 9.17) is 11.6 Å². The van der Waals surface area contributed by atoms with E-state index in [2.05, 4.69) is 0 Å². The van der Waals surface area contributed by atoms with Gasteiger partial charge in [-0.3, -0.25) is 0 Å². The topological polar surface area (TPSA) is 20.2 Å². The number of benzene rings is 1. The Kier molecular flexibility index (Phi) is 4.55. The van der Waals surface area contributed by atoms with Crippen molar-refractivity contribution in [3.05, 3.63) is 34.6 Å². The van der Waals surface area contributed by atoms with Crippen LogP contribution in [0.4, 0.5) is 4.39 Å². The van der Waals surface area contributed by atoms with Crippen molar-refractivity contribution in [1.29, 1.82) is 0 Å². The summed E-state index contributed by atoms with van der Waals surface area (Å²) in [5.74, 6) is -0.00998. The van der Waals surface area contributed by atoms with Gasteiger partial charge in [-0.05, 0) is 24.0 Å². The Morgan fingerprint density at radius 3 is 2.67 bits per heavy atom. The Morgan fingerprint density at radius 1 is 1.40 bits per heavy atom. The lowest BCUT2D eigenvalue weighted by atomic mass is 9.99. The van der Waals surface area contributed by atoms with E-state index in [0.717, 1.165) is 0 Å². The van der Waals surface area contributed by atoms with Gasteiger partial charge >= 0.3 is 0 Å². The summed E-state index contributed by atoms with van der Waals surface area (Å²) >= 11 is 5.65. The minimum Gasteiger partial charge on any atom is -0.393 e. The molecule has 3 heteroatoms. The van der Waals surface area contributed by atoms with E-state index >= 15 is 0 Å². The number of halogens is 2. The Bertz CT molecular complexity index is 325. The molecule has 0 aliphatic rings. The van der Waals surface area contributed by atoms with Crippen LogP contribution in [0.3, 0.4) is 0 Å². The molecule has 0 spiro atoms. The molecule has 84 valence electrons. The molecule has 0 amide bonds. The maximum atomic E-state index is 13.5. The average Bonchev–Trinajstić information content (AvgIpc) is 2.11. The molecule has 1 atom stereocenters. The van der Waals surface area contributed by atoms with Crippen molar-refractivity contribution in [3.8, 4) is 0 Å². The molecule has 0 aliphatic carbocycles. The van der Waals surface area contributed by atoms with Gasteiger partial charge in [0.25, 0.3) is 0 Å². The van der Waals surface area contributed by atoms with E-state index in [1.807, 2.05) is 13.8 Å². The number of hydrogen-bond acceptors (Lipinski definition) is 1. The average molecular weight is 231 g/mol. The maximum Gasteiger partial charge on any atom is 0.145 e. The van der Waals surface area contributed by atoms with Gasteiger partial charge in [0.2, 0.25) is 0 Å². The monoisotopic (exact) mass is 230 g/mol. The highest BCUT2D eigenvalue weighted by atomic mass is 35.5. The first-order valence-corrected chi connectivity index (χ1v) is 5.49. The van der Waals surface area contributed by atoms with Gasteiger partial charge in [-0.2, -0.15) is 0 Å². The zero-order valence-corrected chi connectivity index (χ0v) is 9.76. The van der Waals surface area contributed by atoms with Gasteiger partial charge in [0, 0.05) is 6.42 Å². The molecule has 0 fully saturated rings. The molecule has 1 aromatic carbocycles. The van der Waals surface area contributed by atoms with Crippen LogP contribution in [0.1, 0.15) is 25.8 Å². The van der Waals surface area contributed by atoms with Crippen LogP contribution in [-0.2, 0) is 6.42 Å². The minimum absolute atomic E-state index is 0.115. The van der Waals surface area contributed by atoms with Crippen LogP contribution in [-0.4, -0.2) is 11.2 Å². The first-order chi connectivity index (χ1) is 7.00. The SMILES string of the molecule is CC(C)CC(O)Cc1cccc(Cl)c1F. The highest BCUT2D eigenvalue weighted by molar-refractivity contribution is 6.30. The predicted molar refractivity (Wildman–Crippen MR) is 60.6 cm³/mol. The quantitative estimate of drug-likeness (QED) is 0.840. The van der Waals surface area contributed by atoms with Crippen molar-refractivity contribution in [2.75, 3.05) is 0 Å². The molecule has 1 N–H and O–H groups in total. The molecule has 0 saturated heterocycles. The molecule has 0 radical (unpaired) electrons. The fraction of sp³-hybridized carbons (Fsp3) is 0.500. The molecule has 0 aromatic heterocycles. The van der Waals surface area contributed by atoms with Gasteiger partial charge in [-0.25, -0.2) is 4.39 Å². The van der Waals surface area contributed by atoms with Gasteiger partial charge in [-0.15, -0.1) is 0 Å². The Morgan fingerprint density at radius 2 is 2.07 bits per heavy atom. The van der Waals surface area contributed by atoms with Crippen LogP contribution in [0.25, 0.3) is 0 Å². The third-order valence-electron chi connectivity index (χ3n) is 2.23. The number of aliphatic hydroxyl groups is 1. The third kappa shape index (κ3) is 3.80. The summed E-state index contributed by atoms with van der Waals surface area (Å²) in [6, 6.07) is 4.86. The second-order valence-corrected chi connectivity index (χ2v) is 4.61. The molecule has 1 rings (SSSR count). The smallest absolute Gasteiger partial charge is 0.145 e. The normalized spacial score (nSPS) is 13.2. The van der Waals surface area contributed by atoms with Crippen LogP contribution in [0.15, 0.2) is 18.2 Å². The molecule has 0 heterocycles. The number of hydrogen-bond donors (Lipinski definition) is 1. The van der Waals surface area contributed by atoms with Crippen LogP contribution in [0.5, 0.6) is 0 Å². The van der Waals surface area contributed by atoms with Crippen LogP contribution in [0.2, 0.25) is 5.02 Å². The zero-order valence-electron chi connectivity index (χ0n) is 9.00. The van der Waals surface area contributed by atoms with Crippen molar-refractivity contribution in [2.45, 2.75) is 32.8 Å². The van der Waals surface area contributed by atoms with Crippen molar-refractivity contribution < 1.29 is 9.50 Å². The summed E-state index contributed by atoms with van der Waals surface area (Å²) in [6.07, 6.45) is 0.495. The predicted octanol–water partition coefficient (Wildman–Crippen LogP) is 3.43. The summed E-state index contributed by atoms with van der Waals surface area (Å²) in [6.45, 7) is 4.05. The Hall–Kier alpha value is -0.600. The molecule has 1 unspecified atom stereocenters. The van der Waals surface area contributed by atoms with Gasteiger partial charge in [-0.1, -0.05) is 37.6 Å². The van der Waals surface area contributed by atoms with Gasteiger partial charge in [0.15, 0.2) is 0 Å². The molecule has 1 nitrogen and oxygen atoms in total. The van der Waals surface area contributed by atoms with Gasteiger partial charge in [0.1, 0.15) is 5.82 Å². The van der Waals surface area contributed by atoms with E-state index in [0.29, 0.717) is 24.3 Å². The largest absolute Gasteiger partial charge is 0.393 e. The van der Waals surface area contributed by atoms with Crippen LogP contribution in [0, 0.1) is 11.7 Å². The lowest BCUT2D eigenvalue weighted by Gasteiger charge is -2.13. The van der Waals surface area contributed by atoms with E-state index in [1.165, 1.54) is 6.07 Å². The molecule has 0 aliphatic heterocycles. The highest BCUT2D eigenvalue weighted by Crippen LogP contribution is 2.20. The highest BCUT2D eigenvalue weighted by Gasteiger charge is 2.12. The van der Waals surface area contributed by atoms with Crippen LogP contribution >= 0.6 is 11.6 Å². The Labute approximate surface area is 94.9 Å². The minimum atomic E-state index is -0.502. The fourth-order valence-corrected chi connectivity index (χ4v) is 1.78.